The van der Waals surface area contributed by atoms with Crippen LogP contribution in [0.4, 0.5) is 4.79 Å². The highest BCUT2D eigenvalue weighted by Crippen LogP contribution is 2.16. The van der Waals surface area contributed by atoms with Crippen molar-refractivity contribution < 1.29 is 14.7 Å². The molecule has 0 spiro atoms. The summed E-state index contributed by atoms with van der Waals surface area (Å²) in [6.45, 7) is 5.89. The van der Waals surface area contributed by atoms with Gasteiger partial charge >= 0.3 is 12.0 Å². The van der Waals surface area contributed by atoms with Crippen molar-refractivity contribution in [3.05, 3.63) is 0 Å². The first kappa shape index (κ1) is 17.1. The highest BCUT2D eigenvalue weighted by Gasteiger charge is 2.28. The standard InChI is InChI=1S/C12H24N2O3S/c1-6-12(2,3)14(4)11(17)13-9(10(15)16)7-8-18-5/h9H,6-8H2,1-5H3,(H,13,17)(H,15,16)/t9-/m0/s1. The first-order valence-electron chi connectivity index (χ1n) is 6.02. The number of carbonyl (C=O) groups is 2. The third-order valence-electron chi connectivity index (χ3n) is 3.28. The first-order chi connectivity index (χ1) is 8.26. The molecule has 0 radical (unpaired) electrons. The van der Waals surface area contributed by atoms with Crippen molar-refractivity contribution >= 4 is 23.8 Å². The molecule has 6 heteroatoms. The molecule has 0 heterocycles. The number of nitrogens with zero attached hydrogens (tertiary/aromatic N) is 1. The third kappa shape index (κ3) is 5.16. The molecule has 0 unspecified atom stereocenters. The normalized spacial score (nSPS) is 12.9. The molecule has 0 saturated carbocycles. The lowest BCUT2D eigenvalue weighted by Crippen LogP contribution is -2.53. The van der Waals surface area contributed by atoms with Gasteiger partial charge in [-0.05, 0) is 38.7 Å². The molecule has 0 aromatic heterocycles. The predicted octanol–water partition coefficient (Wildman–Crippen LogP) is 2.02. The van der Waals surface area contributed by atoms with Gasteiger partial charge in [-0.15, -0.1) is 0 Å². The Morgan fingerprint density at radius 1 is 1.44 bits per heavy atom. The summed E-state index contributed by atoms with van der Waals surface area (Å²) in [6.07, 6.45) is 3.15. The number of rotatable bonds is 7. The Balaban J connectivity index is 4.55. The van der Waals surface area contributed by atoms with E-state index in [-0.39, 0.29) is 11.6 Å². The van der Waals surface area contributed by atoms with E-state index in [1.54, 1.807) is 23.7 Å². The molecule has 2 amide bonds. The number of hydrogen-bond donors (Lipinski definition) is 2. The zero-order valence-electron chi connectivity index (χ0n) is 11.8. The Bertz CT molecular complexity index is 295. The summed E-state index contributed by atoms with van der Waals surface area (Å²) < 4.78 is 0. The van der Waals surface area contributed by atoms with Crippen molar-refractivity contribution in [1.82, 2.24) is 10.2 Å². The monoisotopic (exact) mass is 276 g/mol. The van der Waals surface area contributed by atoms with Gasteiger partial charge in [0, 0.05) is 12.6 Å². The Hall–Kier alpha value is -0.910. The second-order valence-electron chi connectivity index (χ2n) is 4.85. The molecule has 0 bridgehead atoms. The minimum Gasteiger partial charge on any atom is -0.480 e. The number of amides is 2. The fourth-order valence-corrected chi connectivity index (χ4v) is 1.72. The Morgan fingerprint density at radius 3 is 2.39 bits per heavy atom. The zero-order chi connectivity index (χ0) is 14.3. The van der Waals surface area contributed by atoms with Crippen LogP contribution in [-0.4, -0.2) is 52.6 Å². The molecule has 0 aromatic carbocycles. The molecule has 0 aliphatic carbocycles. The molecule has 18 heavy (non-hydrogen) atoms. The molecule has 5 nitrogen and oxygen atoms in total. The SMILES string of the molecule is CCC(C)(C)N(C)C(=O)N[C@@H](CCSC)C(=O)O. The van der Waals surface area contributed by atoms with Gasteiger partial charge in [-0.1, -0.05) is 6.92 Å². The number of carboxylic acid groups (broad SMARTS) is 1. The van der Waals surface area contributed by atoms with E-state index in [0.717, 1.165) is 6.42 Å². The summed E-state index contributed by atoms with van der Waals surface area (Å²) in [4.78, 5) is 24.6. The van der Waals surface area contributed by atoms with Crippen LogP contribution in [0.25, 0.3) is 0 Å². The lowest BCUT2D eigenvalue weighted by atomic mass is 10.0. The average molecular weight is 276 g/mol. The van der Waals surface area contributed by atoms with E-state index in [2.05, 4.69) is 5.32 Å². The molecule has 2 N–H and O–H groups in total. The molecular formula is C12H24N2O3S. The topological polar surface area (TPSA) is 69.6 Å². The van der Waals surface area contributed by atoms with Gasteiger partial charge in [-0.25, -0.2) is 9.59 Å². The van der Waals surface area contributed by atoms with Crippen molar-refractivity contribution in [1.29, 1.82) is 0 Å². The van der Waals surface area contributed by atoms with Crippen LogP contribution in [0.3, 0.4) is 0 Å². The lowest BCUT2D eigenvalue weighted by molar-refractivity contribution is -0.139. The van der Waals surface area contributed by atoms with Gasteiger partial charge in [0.2, 0.25) is 0 Å². The van der Waals surface area contributed by atoms with Crippen LogP contribution >= 0.6 is 11.8 Å². The van der Waals surface area contributed by atoms with Gasteiger partial charge < -0.3 is 15.3 Å². The van der Waals surface area contributed by atoms with E-state index in [9.17, 15) is 9.59 Å². The van der Waals surface area contributed by atoms with Crippen LogP contribution in [0.5, 0.6) is 0 Å². The molecule has 0 aromatic rings. The number of thioether (sulfide) groups is 1. The van der Waals surface area contributed by atoms with Gasteiger partial charge in [0.25, 0.3) is 0 Å². The zero-order valence-corrected chi connectivity index (χ0v) is 12.6. The number of nitrogens with one attached hydrogen (secondary N) is 1. The van der Waals surface area contributed by atoms with Gasteiger partial charge in [0.05, 0.1) is 0 Å². The van der Waals surface area contributed by atoms with E-state index in [1.165, 1.54) is 0 Å². The van der Waals surface area contributed by atoms with E-state index in [0.29, 0.717) is 12.2 Å². The smallest absolute Gasteiger partial charge is 0.326 e. The quantitative estimate of drug-likeness (QED) is 0.746. The fourth-order valence-electron chi connectivity index (χ4n) is 1.25. The summed E-state index contributed by atoms with van der Waals surface area (Å²) in [5, 5.41) is 11.6. The number of carboxylic acids is 1. The van der Waals surface area contributed by atoms with Crippen LogP contribution < -0.4 is 5.32 Å². The van der Waals surface area contributed by atoms with E-state index < -0.39 is 12.0 Å². The Kier molecular flexibility index (Phi) is 7.13. The molecule has 0 rings (SSSR count). The second kappa shape index (κ2) is 7.51. The van der Waals surface area contributed by atoms with E-state index >= 15 is 0 Å². The van der Waals surface area contributed by atoms with Crippen LogP contribution in [0.2, 0.25) is 0 Å². The van der Waals surface area contributed by atoms with Gasteiger partial charge in [0.15, 0.2) is 0 Å². The van der Waals surface area contributed by atoms with Crippen LogP contribution in [-0.2, 0) is 4.79 Å². The molecule has 0 aliphatic rings. The van der Waals surface area contributed by atoms with Crippen molar-refractivity contribution in [2.45, 2.75) is 45.2 Å². The minimum atomic E-state index is -0.986. The highest BCUT2D eigenvalue weighted by molar-refractivity contribution is 7.98. The van der Waals surface area contributed by atoms with E-state index in [4.69, 9.17) is 5.11 Å². The highest BCUT2D eigenvalue weighted by atomic mass is 32.2. The molecule has 0 fully saturated rings. The number of hydrogen-bond acceptors (Lipinski definition) is 3. The first-order valence-corrected chi connectivity index (χ1v) is 7.41. The molecular weight excluding hydrogens is 252 g/mol. The van der Waals surface area contributed by atoms with Crippen LogP contribution in [0, 0.1) is 0 Å². The Morgan fingerprint density at radius 2 is 2.00 bits per heavy atom. The summed E-state index contributed by atoms with van der Waals surface area (Å²) in [5.74, 6) is -0.280. The maximum Gasteiger partial charge on any atom is 0.326 e. The molecule has 1 atom stereocenters. The summed E-state index contributed by atoms with van der Waals surface area (Å²) >= 11 is 1.56. The largest absolute Gasteiger partial charge is 0.480 e. The van der Waals surface area contributed by atoms with Crippen molar-refractivity contribution in [2.24, 2.45) is 0 Å². The third-order valence-corrected chi connectivity index (χ3v) is 3.93. The maximum atomic E-state index is 12.0. The lowest BCUT2D eigenvalue weighted by Gasteiger charge is -2.35. The molecule has 0 saturated heterocycles. The fraction of sp³-hybridized carbons (Fsp3) is 0.833. The molecule has 106 valence electrons. The number of urea groups is 1. The van der Waals surface area contributed by atoms with Gasteiger partial charge in [-0.3, -0.25) is 0 Å². The second-order valence-corrected chi connectivity index (χ2v) is 5.83. The van der Waals surface area contributed by atoms with E-state index in [1.807, 2.05) is 27.0 Å². The maximum absolute atomic E-state index is 12.0. The summed E-state index contributed by atoms with van der Waals surface area (Å²) in [7, 11) is 1.69. The van der Waals surface area contributed by atoms with Crippen molar-refractivity contribution in [2.75, 3.05) is 19.1 Å². The summed E-state index contributed by atoms with van der Waals surface area (Å²) in [6, 6.07) is -1.16. The summed E-state index contributed by atoms with van der Waals surface area (Å²) in [5.41, 5.74) is -0.285. The van der Waals surface area contributed by atoms with Crippen molar-refractivity contribution in [3.63, 3.8) is 0 Å². The minimum absolute atomic E-state index is 0.285. The van der Waals surface area contributed by atoms with Crippen LogP contribution in [0.1, 0.15) is 33.6 Å². The number of carbonyl (C=O) groups excluding carboxylic acids is 1. The number of aliphatic carboxylic acids is 1. The Labute approximate surface area is 113 Å². The van der Waals surface area contributed by atoms with Crippen LogP contribution in [0.15, 0.2) is 0 Å². The van der Waals surface area contributed by atoms with Gasteiger partial charge in [0.1, 0.15) is 6.04 Å². The average Bonchev–Trinajstić information content (AvgIpc) is 2.32. The molecule has 0 aliphatic heterocycles. The predicted molar refractivity (Wildman–Crippen MR) is 75.1 cm³/mol. The van der Waals surface area contributed by atoms with Crippen molar-refractivity contribution in [3.8, 4) is 0 Å². The van der Waals surface area contributed by atoms with Gasteiger partial charge in [-0.2, -0.15) is 11.8 Å².